The van der Waals surface area contributed by atoms with E-state index in [2.05, 4.69) is 36.3 Å². The largest absolute Gasteiger partial charge is 0.489 e. The Kier molecular flexibility index (Phi) is 5.49. The van der Waals surface area contributed by atoms with E-state index in [0.717, 1.165) is 29.9 Å². The molecule has 0 spiro atoms. The molecule has 3 rings (SSSR count). The van der Waals surface area contributed by atoms with Crippen molar-refractivity contribution >= 4 is 11.6 Å². The molecule has 2 aromatic rings. The lowest BCUT2D eigenvalue weighted by molar-refractivity contribution is -0.129. The first kappa shape index (κ1) is 17.2. The molecule has 0 radical (unpaired) electrons. The minimum Gasteiger partial charge on any atom is -0.489 e. The molecule has 0 saturated heterocycles. The molecular formula is C21H24N2O2. The number of hydrogen-bond donors (Lipinski definition) is 0. The third kappa shape index (κ3) is 4.27. The Balaban J connectivity index is 1.64. The quantitative estimate of drug-likeness (QED) is 0.746. The maximum atomic E-state index is 12.0. The number of hydrazone groups is 1. The molecule has 1 aliphatic rings. The van der Waals surface area contributed by atoms with Crippen LogP contribution in [0.2, 0.25) is 0 Å². The second-order valence-corrected chi connectivity index (χ2v) is 6.21. The molecule has 1 aliphatic heterocycles. The maximum Gasteiger partial charge on any atom is 0.248 e. The van der Waals surface area contributed by atoms with E-state index in [4.69, 9.17) is 4.74 Å². The molecule has 0 fully saturated rings. The first-order valence-corrected chi connectivity index (χ1v) is 8.88. The highest BCUT2D eigenvalue weighted by molar-refractivity contribution is 6.04. The Morgan fingerprint density at radius 3 is 2.32 bits per heavy atom. The van der Waals surface area contributed by atoms with Crippen LogP contribution >= 0.6 is 0 Å². The molecule has 2 aromatic carbocycles. The lowest BCUT2D eigenvalue weighted by atomic mass is 10.1. The summed E-state index contributed by atoms with van der Waals surface area (Å²) >= 11 is 0. The van der Waals surface area contributed by atoms with E-state index >= 15 is 0 Å². The van der Waals surface area contributed by atoms with Crippen molar-refractivity contribution < 1.29 is 9.53 Å². The summed E-state index contributed by atoms with van der Waals surface area (Å²) in [6.45, 7) is 4.59. The zero-order valence-electron chi connectivity index (χ0n) is 14.8. The molecule has 1 atom stereocenters. The van der Waals surface area contributed by atoms with Crippen molar-refractivity contribution in [2.45, 2.75) is 39.2 Å². The predicted octanol–water partition coefficient (Wildman–Crippen LogP) is 4.51. The summed E-state index contributed by atoms with van der Waals surface area (Å²) in [5.41, 5.74) is 3.30. The fraction of sp³-hybridized carbons (Fsp3) is 0.333. The molecule has 0 N–H and O–H groups in total. The van der Waals surface area contributed by atoms with Crippen molar-refractivity contribution in [2.75, 3.05) is 6.54 Å². The Labute approximate surface area is 149 Å². The number of hydrogen-bond acceptors (Lipinski definition) is 3. The average molecular weight is 336 g/mol. The van der Waals surface area contributed by atoms with Crippen LogP contribution in [-0.4, -0.2) is 29.3 Å². The molecule has 25 heavy (non-hydrogen) atoms. The van der Waals surface area contributed by atoms with Crippen molar-refractivity contribution in [3.05, 3.63) is 54.6 Å². The van der Waals surface area contributed by atoms with Crippen LogP contribution in [0.4, 0.5) is 0 Å². The van der Waals surface area contributed by atoms with Crippen LogP contribution in [0.5, 0.6) is 5.75 Å². The third-order valence-electron chi connectivity index (χ3n) is 4.41. The maximum absolute atomic E-state index is 12.0. The van der Waals surface area contributed by atoms with Gasteiger partial charge in [-0.15, -0.1) is 0 Å². The van der Waals surface area contributed by atoms with Gasteiger partial charge in [0.1, 0.15) is 11.9 Å². The number of carbonyl (C=O) groups excluding carboxylic acids is 1. The summed E-state index contributed by atoms with van der Waals surface area (Å²) in [5.74, 6) is 0.885. The number of ether oxygens (including phenoxy) is 1. The van der Waals surface area contributed by atoms with Crippen LogP contribution in [0.15, 0.2) is 59.7 Å². The van der Waals surface area contributed by atoms with E-state index in [0.29, 0.717) is 13.0 Å². The van der Waals surface area contributed by atoms with Crippen molar-refractivity contribution in [3.63, 3.8) is 0 Å². The van der Waals surface area contributed by atoms with E-state index in [1.54, 1.807) is 5.01 Å². The molecule has 1 amide bonds. The standard InChI is InChI=1S/C21H24N2O2/c1-3-18-14-21(24)23(22-18)15-19(4-2)25-20-12-10-17(11-13-20)16-8-6-5-7-9-16/h5-13,19H,3-4,14-15H2,1-2H3. The minimum atomic E-state index is -0.0634. The van der Waals surface area contributed by atoms with E-state index in [-0.39, 0.29) is 12.0 Å². The number of amides is 1. The molecule has 0 bridgehead atoms. The molecule has 4 nitrogen and oxygen atoms in total. The van der Waals surface area contributed by atoms with E-state index in [1.165, 1.54) is 5.56 Å². The topological polar surface area (TPSA) is 41.9 Å². The van der Waals surface area contributed by atoms with Gasteiger partial charge in [0.25, 0.3) is 0 Å². The lowest BCUT2D eigenvalue weighted by Crippen LogP contribution is -2.33. The Hall–Kier alpha value is -2.62. The van der Waals surface area contributed by atoms with Gasteiger partial charge in [-0.3, -0.25) is 4.79 Å². The van der Waals surface area contributed by atoms with Gasteiger partial charge < -0.3 is 4.74 Å². The fourth-order valence-electron chi connectivity index (χ4n) is 2.86. The Morgan fingerprint density at radius 1 is 1.04 bits per heavy atom. The first-order chi connectivity index (χ1) is 12.2. The van der Waals surface area contributed by atoms with Crippen LogP contribution in [-0.2, 0) is 4.79 Å². The van der Waals surface area contributed by atoms with Crippen molar-refractivity contribution in [2.24, 2.45) is 5.10 Å². The highest BCUT2D eigenvalue weighted by Gasteiger charge is 2.25. The van der Waals surface area contributed by atoms with Crippen molar-refractivity contribution in [3.8, 4) is 16.9 Å². The first-order valence-electron chi connectivity index (χ1n) is 8.88. The fourth-order valence-corrected chi connectivity index (χ4v) is 2.86. The summed E-state index contributed by atoms with van der Waals surface area (Å²) in [4.78, 5) is 12.0. The van der Waals surface area contributed by atoms with Crippen LogP contribution in [0.25, 0.3) is 11.1 Å². The average Bonchev–Trinajstić information content (AvgIpc) is 3.02. The second kappa shape index (κ2) is 7.97. The van der Waals surface area contributed by atoms with E-state index in [1.807, 2.05) is 37.3 Å². The van der Waals surface area contributed by atoms with Gasteiger partial charge in [-0.2, -0.15) is 5.10 Å². The van der Waals surface area contributed by atoms with Crippen LogP contribution in [0, 0.1) is 0 Å². The molecule has 1 unspecified atom stereocenters. The number of benzene rings is 2. The van der Waals surface area contributed by atoms with Gasteiger partial charge in [-0.1, -0.05) is 56.3 Å². The number of nitrogens with zero attached hydrogens (tertiary/aromatic N) is 2. The second-order valence-electron chi connectivity index (χ2n) is 6.21. The molecule has 1 heterocycles. The summed E-state index contributed by atoms with van der Waals surface area (Å²) in [6.07, 6.45) is 2.02. The van der Waals surface area contributed by atoms with E-state index < -0.39 is 0 Å². The molecule has 4 heteroatoms. The zero-order valence-corrected chi connectivity index (χ0v) is 14.8. The van der Waals surface area contributed by atoms with Crippen molar-refractivity contribution in [1.29, 1.82) is 0 Å². The van der Waals surface area contributed by atoms with Gasteiger partial charge in [-0.05, 0) is 36.1 Å². The van der Waals surface area contributed by atoms with Crippen molar-refractivity contribution in [1.82, 2.24) is 5.01 Å². The monoisotopic (exact) mass is 336 g/mol. The summed E-state index contributed by atoms with van der Waals surface area (Å²) in [5, 5.41) is 5.95. The Morgan fingerprint density at radius 2 is 1.72 bits per heavy atom. The van der Waals surface area contributed by atoms with Crippen LogP contribution in [0.1, 0.15) is 33.1 Å². The Bertz CT molecular complexity index is 738. The normalized spacial score (nSPS) is 15.2. The molecule has 0 aromatic heterocycles. The molecule has 130 valence electrons. The number of rotatable bonds is 7. The summed E-state index contributed by atoms with van der Waals surface area (Å²) in [7, 11) is 0. The highest BCUT2D eigenvalue weighted by atomic mass is 16.5. The van der Waals surface area contributed by atoms with Crippen LogP contribution < -0.4 is 4.74 Å². The van der Waals surface area contributed by atoms with Gasteiger partial charge in [0.05, 0.1) is 13.0 Å². The lowest BCUT2D eigenvalue weighted by Gasteiger charge is -2.21. The van der Waals surface area contributed by atoms with Gasteiger partial charge in [-0.25, -0.2) is 5.01 Å². The highest BCUT2D eigenvalue weighted by Crippen LogP contribution is 2.23. The van der Waals surface area contributed by atoms with Gasteiger partial charge in [0.2, 0.25) is 5.91 Å². The minimum absolute atomic E-state index is 0.0634. The smallest absolute Gasteiger partial charge is 0.248 e. The SMILES string of the molecule is CCC1=NN(CC(CC)Oc2ccc(-c3ccccc3)cc2)C(=O)C1. The summed E-state index contributed by atoms with van der Waals surface area (Å²) in [6, 6.07) is 18.3. The van der Waals surface area contributed by atoms with Gasteiger partial charge in [0, 0.05) is 5.71 Å². The molecular weight excluding hydrogens is 312 g/mol. The van der Waals surface area contributed by atoms with Gasteiger partial charge in [0.15, 0.2) is 0 Å². The summed E-state index contributed by atoms with van der Waals surface area (Å²) < 4.78 is 6.07. The zero-order chi connectivity index (χ0) is 17.6. The molecule has 0 saturated carbocycles. The van der Waals surface area contributed by atoms with E-state index in [9.17, 15) is 4.79 Å². The third-order valence-corrected chi connectivity index (χ3v) is 4.41. The molecule has 0 aliphatic carbocycles. The van der Waals surface area contributed by atoms with Crippen LogP contribution in [0.3, 0.4) is 0 Å². The van der Waals surface area contributed by atoms with Gasteiger partial charge >= 0.3 is 0 Å². The predicted molar refractivity (Wildman–Crippen MR) is 101 cm³/mol. The number of carbonyl (C=O) groups is 1.